The highest BCUT2D eigenvalue weighted by Crippen LogP contribution is 2.13. The SMILES string of the molecule is O=Cc1cc(F)cc(NC(=O)OCc2ccccc2)c1. The first kappa shape index (κ1) is 13.7. The maximum atomic E-state index is 13.2. The fourth-order valence-electron chi connectivity index (χ4n) is 1.63. The topological polar surface area (TPSA) is 55.4 Å². The summed E-state index contributed by atoms with van der Waals surface area (Å²) in [6.45, 7) is 0.114. The predicted molar refractivity (Wildman–Crippen MR) is 72.0 cm³/mol. The Morgan fingerprint density at radius 1 is 1.20 bits per heavy atom. The minimum atomic E-state index is -0.712. The summed E-state index contributed by atoms with van der Waals surface area (Å²) < 4.78 is 18.1. The van der Waals surface area contributed by atoms with Crippen molar-refractivity contribution in [1.29, 1.82) is 0 Å². The molecule has 0 spiro atoms. The molecule has 0 aliphatic carbocycles. The van der Waals surface area contributed by atoms with Crippen LogP contribution in [-0.4, -0.2) is 12.4 Å². The predicted octanol–water partition coefficient (Wildman–Crippen LogP) is 3.39. The minimum Gasteiger partial charge on any atom is -0.444 e. The molecule has 0 saturated carbocycles. The van der Waals surface area contributed by atoms with Gasteiger partial charge in [0.05, 0.1) is 0 Å². The number of rotatable bonds is 4. The molecule has 0 radical (unpaired) electrons. The third kappa shape index (κ3) is 3.91. The Morgan fingerprint density at radius 3 is 2.65 bits per heavy atom. The molecule has 0 aliphatic rings. The van der Waals surface area contributed by atoms with Gasteiger partial charge >= 0.3 is 6.09 Å². The molecule has 0 fully saturated rings. The number of carbonyl (C=O) groups excluding carboxylic acids is 2. The van der Waals surface area contributed by atoms with Crippen LogP contribution in [0.15, 0.2) is 48.5 Å². The van der Waals surface area contributed by atoms with Crippen LogP contribution in [0.25, 0.3) is 0 Å². The largest absolute Gasteiger partial charge is 0.444 e. The van der Waals surface area contributed by atoms with Crippen LogP contribution in [0.4, 0.5) is 14.9 Å². The fourth-order valence-corrected chi connectivity index (χ4v) is 1.63. The molecule has 1 N–H and O–H groups in total. The third-order valence-electron chi connectivity index (χ3n) is 2.52. The lowest BCUT2D eigenvalue weighted by Crippen LogP contribution is -2.13. The van der Waals surface area contributed by atoms with Crippen LogP contribution in [-0.2, 0) is 11.3 Å². The number of ether oxygens (including phenoxy) is 1. The maximum Gasteiger partial charge on any atom is 0.411 e. The highest BCUT2D eigenvalue weighted by molar-refractivity contribution is 5.86. The third-order valence-corrected chi connectivity index (χ3v) is 2.52. The zero-order chi connectivity index (χ0) is 14.4. The van der Waals surface area contributed by atoms with Crippen molar-refractivity contribution in [3.8, 4) is 0 Å². The number of carbonyl (C=O) groups is 2. The van der Waals surface area contributed by atoms with Gasteiger partial charge in [0.15, 0.2) is 0 Å². The zero-order valence-corrected chi connectivity index (χ0v) is 10.5. The van der Waals surface area contributed by atoms with Crippen LogP contribution < -0.4 is 5.32 Å². The molecule has 0 aliphatic heterocycles. The lowest BCUT2D eigenvalue weighted by molar-refractivity contribution is 0.112. The van der Waals surface area contributed by atoms with Crippen LogP contribution in [0.3, 0.4) is 0 Å². The van der Waals surface area contributed by atoms with E-state index >= 15 is 0 Å². The molecular weight excluding hydrogens is 261 g/mol. The summed E-state index contributed by atoms with van der Waals surface area (Å²) in [6, 6.07) is 12.7. The Hall–Kier alpha value is -2.69. The number of halogens is 1. The molecule has 4 nitrogen and oxygen atoms in total. The van der Waals surface area contributed by atoms with Crippen molar-refractivity contribution in [3.05, 3.63) is 65.5 Å². The maximum absolute atomic E-state index is 13.2. The lowest BCUT2D eigenvalue weighted by atomic mass is 10.2. The first-order chi connectivity index (χ1) is 9.67. The smallest absolute Gasteiger partial charge is 0.411 e. The lowest BCUT2D eigenvalue weighted by Gasteiger charge is -2.07. The zero-order valence-electron chi connectivity index (χ0n) is 10.5. The van der Waals surface area contributed by atoms with Crippen LogP contribution in [0, 0.1) is 5.82 Å². The highest BCUT2D eigenvalue weighted by Gasteiger charge is 2.06. The van der Waals surface area contributed by atoms with E-state index < -0.39 is 11.9 Å². The summed E-state index contributed by atoms with van der Waals surface area (Å²) in [5, 5.41) is 2.37. The Balaban J connectivity index is 1.94. The molecule has 5 heteroatoms. The van der Waals surface area contributed by atoms with E-state index in [-0.39, 0.29) is 17.9 Å². The van der Waals surface area contributed by atoms with Gasteiger partial charge in [-0.1, -0.05) is 30.3 Å². The second-order valence-electron chi connectivity index (χ2n) is 4.08. The summed E-state index contributed by atoms with van der Waals surface area (Å²) in [4.78, 5) is 22.1. The molecule has 20 heavy (non-hydrogen) atoms. The van der Waals surface area contributed by atoms with Crippen molar-refractivity contribution in [2.24, 2.45) is 0 Å². The van der Waals surface area contributed by atoms with Gasteiger partial charge in [0.1, 0.15) is 18.7 Å². The molecule has 0 unspecified atom stereocenters. The summed E-state index contributed by atoms with van der Waals surface area (Å²) in [5.74, 6) is -0.604. The van der Waals surface area contributed by atoms with Crippen molar-refractivity contribution in [2.45, 2.75) is 6.61 Å². The molecule has 2 rings (SSSR count). The quantitative estimate of drug-likeness (QED) is 0.869. The van der Waals surface area contributed by atoms with Crippen LogP contribution in [0.2, 0.25) is 0 Å². The summed E-state index contributed by atoms with van der Waals surface area (Å²) >= 11 is 0. The van der Waals surface area contributed by atoms with Crippen molar-refractivity contribution in [3.63, 3.8) is 0 Å². The van der Waals surface area contributed by atoms with Gasteiger partial charge < -0.3 is 4.74 Å². The Kier molecular flexibility index (Phi) is 4.44. The molecule has 0 bridgehead atoms. The average molecular weight is 273 g/mol. The molecular formula is C15H12FNO3. The van der Waals surface area contributed by atoms with E-state index in [4.69, 9.17) is 4.74 Å². The first-order valence-corrected chi connectivity index (χ1v) is 5.91. The number of benzene rings is 2. The summed E-state index contributed by atoms with van der Waals surface area (Å²) in [6.07, 6.45) is -0.208. The number of amides is 1. The van der Waals surface area contributed by atoms with Gasteiger partial charge in [-0.05, 0) is 23.8 Å². The molecule has 0 saturated heterocycles. The van der Waals surface area contributed by atoms with Gasteiger partial charge in [-0.15, -0.1) is 0 Å². The monoisotopic (exact) mass is 273 g/mol. The van der Waals surface area contributed by atoms with Crippen molar-refractivity contribution in [2.75, 3.05) is 5.32 Å². The van der Waals surface area contributed by atoms with Gasteiger partial charge in [-0.3, -0.25) is 10.1 Å². The molecule has 0 heterocycles. The minimum absolute atomic E-state index is 0.114. The van der Waals surface area contributed by atoms with Crippen molar-refractivity contribution in [1.82, 2.24) is 0 Å². The van der Waals surface area contributed by atoms with E-state index in [0.29, 0.717) is 6.29 Å². The number of hydrogen-bond acceptors (Lipinski definition) is 3. The van der Waals surface area contributed by atoms with Crippen LogP contribution in [0.5, 0.6) is 0 Å². The van der Waals surface area contributed by atoms with E-state index in [1.165, 1.54) is 6.07 Å². The second-order valence-corrected chi connectivity index (χ2v) is 4.08. The van der Waals surface area contributed by atoms with Gasteiger partial charge in [-0.25, -0.2) is 9.18 Å². The molecule has 102 valence electrons. The van der Waals surface area contributed by atoms with E-state index in [9.17, 15) is 14.0 Å². The van der Waals surface area contributed by atoms with E-state index in [1.54, 1.807) is 0 Å². The average Bonchev–Trinajstić information content (AvgIpc) is 2.45. The van der Waals surface area contributed by atoms with E-state index in [0.717, 1.165) is 17.7 Å². The second kappa shape index (κ2) is 6.47. The van der Waals surface area contributed by atoms with Gasteiger partial charge in [-0.2, -0.15) is 0 Å². The standard InChI is InChI=1S/C15H12FNO3/c16-13-6-12(9-18)7-14(8-13)17-15(19)20-10-11-4-2-1-3-5-11/h1-9H,10H2,(H,17,19). The van der Waals surface area contributed by atoms with Crippen LogP contribution in [0.1, 0.15) is 15.9 Å². The molecule has 1 amide bonds. The molecule has 0 atom stereocenters. The van der Waals surface area contributed by atoms with Gasteiger partial charge in [0, 0.05) is 11.3 Å². The summed E-state index contributed by atoms with van der Waals surface area (Å²) in [7, 11) is 0. The van der Waals surface area contributed by atoms with E-state index in [2.05, 4.69) is 5.32 Å². The van der Waals surface area contributed by atoms with Crippen molar-refractivity contribution >= 4 is 18.1 Å². The number of nitrogens with one attached hydrogen (secondary N) is 1. The van der Waals surface area contributed by atoms with Gasteiger partial charge in [0.2, 0.25) is 0 Å². The Morgan fingerprint density at radius 2 is 1.95 bits per heavy atom. The van der Waals surface area contributed by atoms with Crippen LogP contribution >= 0.6 is 0 Å². The molecule has 2 aromatic rings. The number of anilines is 1. The Bertz CT molecular complexity index is 614. The fraction of sp³-hybridized carbons (Fsp3) is 0.0667. The van der Waals surface area contributed by atoms with Crippen molar-refractivity contribution < 1.29 is 18.7 Å². The highest BCUT2D eigenvalue weighted by atomic mass is 19.1. The molecule has 0 aromatic heterocycles. The number of hydrogen-bond donors (Lipinski definition) is 1. The number of aldehydes is 1. The summed E-state index contributed by atoms with van der Waals surface area (Å²) in [5.41, 5.74) is 1.16. The van der Waals surface area contributed by atoms with Gasteiger partial charge in [0.25, 0.3) is 0 Å². The first-order valence-electron chi connectivity index (χ1n) is 5.91. The normalized spacial score (nSPS) is 9.85. The molecule has 2 aromatic carbocycles. The van der Waals surface area contributed by atoms with E-state index in [1.807, 2.05) is 30.3 Å². The Labute approximate surface area is 115 Å².